The number of hydrogen-bond acceptors (Lipinski definition) is 7. The van der Waals surface area contributed by atoms with Gasteiger partial charge in [-0.2, -0.15) is 0 Å². The standard InChI is InChI=1S/C22H30BN3O6/c1-14(2)19-21(28)25-17(22(29)30-3)6-4-5-11-31-16-9-7-15(8-10-16)12-18(20(27)26-19)24-13-32-23/h4-5,7-10,13-14,17-19H,6,11-12,23H2,1-3H3,(H,25,28)(H,26,27)/t17-,18-,19-/m0/s1. The van der Waals surface area contributed by atoms with Crippen LogP contribution in [0.15, 0.2) is 41.4 Å². The fourth-order valence-corrected chi connectivity index (χ4v) is 3.14. The molecule has 9 nitrogen and oxygen atoms in total. The van der Waals surface area contributed by atoms with Crippen LogP contribution in [0.3, 0.4) is 0 Å². The van der Waals surface area contributed by atoms with Crippen molar-refractivity contribution in [1.82, 2.24) is 10.6 Å². The van der Waals surface area contributed by atoms with Gasteiger partial charge in [-0.1, -0.05) is 38.1 Å². The Morgan fingerprint density at radius 3 is 2.53 bits per heavy atom. The predicted octanol–water partition coefficient (Wildman–Crippen LogP) is 0.328. The predicted molar refractivity (Wildman–Crippen MR) is 122 cm³/mol. The van der Waals surface area contributed by atoms with E-state index in [1.165, 1.54) is 21.6 Å². The van der Waals surface area contributed by atoms with Gasteiger partial charge in [-0.3, -0.25) is 9.59 Å². The molecule has 0 radical (unpaired) electrons. The number of nitrogens with one attached hydrogen (secondary N) is 2. The second kappa shape index (κ2) is 12.5. The van der Waals surface area contributed by atoms with Gasteiger partial charge in [0, 0.05) is 6.42 Å². The number of carbonyl (C=O) groups excluding carboxylic acids is 3. The Hall–Kier alpha value is -3.30. The first-order valence-electron chi connectivity index (χ1n) is 10.5. The van der Waals surface area contributed by atoms with E-state index in [0.717, 1.165) is 5.56 Å². The zero-order chi connectivity index (χ0) is 23.5. The van der Waals surface area contributed by atoms with E-state index in [0.29, 0.717) is 18.8 Å². The minimum Gasteiger partial charge on any atom is -0.560 e. The van der Waals surface area contributed by atoms with Gasteiger partial charge in [0.2, 0.25) is 11.8 Å². The summed E-state index contributed by atoms with van der Waals surface area (Å²) in [6.07, 6.45) is 5.25. The van der Waals surface area contributed by atoms with E-state index in [9.17, 15) is 14.4 Å². The molecule has 172 valence electrons. The number of rotatable bonds is 4. The highest BCUT2D eigenvalue weighted by atomic mass is 16.5. The summed E-state index contributed by atoms with van der Waals surface area (Å²) in [6.45, 7) is 3.92. The van der Waals surface area contributed by atoms with Crippen molar-refractivity contribution in [2.24, 2.45) is 10.9 Å². The van der Waals surface area contributed by atoms with Crippen LogP contribution >= 0.6 is 0 Å². The molecule has 2 heterocycles. The van der Waals surface area contributed by atoms with Crippen molar-refractivity contribution in [3.63, 3.8) is 0 Å². The number of aliphatic imine (C=N–C) groups is 1. The molecule has 0 saturated heterocycles. The van der Waals surface area contributed by atoms with Gasteiger partial charge >= 0.3 is 14.0 Å². The first kappa shape index (κ1) is 25.0. The average Bonchev–Trinajstić information content (AvgIpc) is 2.78. The summed E-state index contributed by atoms with van der Waals surface area (Å²) in [7, 11) is 2.70. The number of esters is 1. The van der Waals surface area contributed by atoms with E-state index < -0.39 is 35.9 Å². The van der Waals surface area contributed by atoms with E-state index in [1.54, 1.807) is 12.2 Å². The number of methoxy groups -OCH3 is 1. The number of carbonyl (C=O) groups is 3. The lowest BCUT2D eigenvalue weighted by Gasteiger charge is -2.25. The second-order valence-electron chi connectivity index (χ2n) is 7.69. The lowest BCUT2D eigenvalue weighted by Crippen LogP contribution is -2.55. The topological polar surface area (TPSA) is 115 Å². The van der Waals surface area contributed by atoms with Crippen LogP contribution in [0.4, 0.5) is 0 Å². The van der Waals surface area contributed by atoms with Gasteiger partial charge in [-0.25, -0.2) is 9.79 Å². The summed E-state index contributed by atoms with van der Waals surface area (Å²) in [5, 5.41) is 5.46. The molecule has 0 spiro atoms. The number of fused-ring (bicyclic) bond motifs is 13. The van der Waals surface area contributed by atoms with Crippen LogP contribution in [0.2, 0.25) is 0 Å². The van der Waals surface area contributed by atoms with Crippen molar-refractivity contribution < 1.29 is 28.5 Å². The normalized spacial score (nSPS) is 22.7. The molecule has 2 N–H and O–H groups in total. The minimum atomic E-state index is -0.890. The molecule has 10 heteroatoms. The van der Waals surface area contributed by atoms with Crippen molar-refractivity contribution in [1.29, 1.82) is 0 Å². The fourth-order valence-electron chi connectivity index (χ4n) is 3.14. The number of hydrogen-bond donors (Lipinski definition) is 2. The molecule has 2 amide bonds. The summed E-state index contributed by atoms with van der Waals surface area (Å²) in [5.41, 5.74) is 0.877. The molecule has 2 bridgehead atoms. The van der Waals surface area contributed by atoms with Gasteiger partial charge in [-0.15, -0.1) is 0 Å². The highest BCUT2D eigenvalue weighted by Crippen LogP contribution is 2.15. The molecule has 0 aliphatic carbocycles. The van der Waals surface area contributed by atoms with Crippen LogP contribution in [0.25, 0.3) is 0 Å². The molecule has 3 rings (SSSR count). The maximum absolute atomic E-state index is 13.0. The van der Waals surface area contributed by atoms with Crippen LogP contribution in [0.5, 0.6) is 5.75 Å². The number of nitrogens with zero attached hydrogens (tertiary/aromatic N) is 1. The third kappa shape index (κ3) is 7.44. The van der Waals surface area contributed by atoms with E-state index >= 15 is 0 Å². The third-order valence-corrected chi connectivity index (χ3v) is 4.94. The summed E-state index contributed by atoms with van der Waals surface area (Å²) >= 11 is 0. The van der Waals surface area contributed by atoms with E-state index in [1.807, 2.05) is 38.1 Å². The van der Waals surface area contributed by atoms with Crippen molar-refractivity contribution in [3.05, 3.63) is 42.0 Å². The van der Waals surface area contributed by atoms with Crippen LogP contribution < -0.4 is 15.4 Å². The van der Waals surface area contributed by atoms with Gasteiger partial charge in [0.25, 0.3) is 0 Å². The smallest absolute Gasteiger partial charge is 0.328 e. The molecule has 32 heavy (non-hydrogen) atoms. The number of benzene rings is 1. The highest BCUT2D eigenvalue weighted by molar-refractivity contribution is 6.02. The first-order valence-corrected chi connectivity index (χ1v) is 10.5. The minimum absolute atomic E-state index is 0.222. The Kier molecular flexibility index (Phi) is 9.78. The van der Waals surface area contributed by atoms with Gasteiger partial charge < -0.3 is 24.8 Å². The summed E-state index contributed by atoms with van der Waals surface area (Å²) < 4.78 is 15.4. The van der Waals surface area contributed by atoms with E-state index in [-0.39, 0.29) is 12.3 Å². The molecule has 2 aliphatic rings. The van der Waals surface area contributed by atoms with Gasteiger partial charge in [0.15, 0.2) is 6.40 Å². The molecular weight excluding hydrogens is 413 g/mol. The molecule has 3 atom stereocenters. The van der Waals surface area contributed by atoms with Crippen LogP contribution in [-0.2, 0) is 30.2 Å². The van der Waals surface area contributed by atoms with Gasteiger partial charge in [-0.05, 0) is 30.0 Å². The molecule has 1 aromatic carbocycles. The van der Waals surface area contributed by atoms with Crippen molar-refractivity contribution in [2.45, 2.75) is 44.8 Å². The second-order valence-corrected chi connectivity index (χ2v) is 7.69. The zero-order valence-corrected chi connectivity index (χ0v) is 18.9. The Morgan fingerprint density at radius 2 is 1.91 bits per heavy atom. The van der Waals surface area contributed by atoms with Crippen LogP contribution in [0, 0.1) is 5.92 Å². The Bertz CT molecular complexity index is 841. The van der Waals surface area contributed by atoms with Crippen molar-refractivity contribution >= 4 is 32.2 Å². The maximum Gasteiger partial charge on any atom is 0.328 e. The van der Waals surface area contributed by atoms with Crippen LogP contribution in [-0.4, -0.2) is 64.1 Å². The molecule has 0 unspecified atom stereocenters. The molecule has 2 aliphatic heterocycles. The summed E-state index contributed by atoms with van der Waals surface area (Å²) in [5.74, 6) is -1.03. The van der Waals surface area contributed by atoms with Gasteiger partial charge in [0.1, 0.15) is 30.5 Å². The van der Waals surface area contributed by atoms with E-state index in [2.05, 4.69) is 15.6 Å². The monoisotopic (exact) mass is 443 g/mol. The maximum atomic E-state index is 13.0. The lowest BCUT2D eigenvalue weighted by molar-refractivity contribution is -0.145. The average molecular weight is 443 g/mol. The molecule has 0 fully saturated rings. The Balaban J connectivity index is 2.36. The molecule has 0 aromatic heterocycles. The third-order valence-electron chi connectivity index (χ3n) is 4.94. The first-order chi connectivity index (χ1) is 15.3. The SMILES string of the molecule is BOC=N[C@H]1Cc2ccc(cc2)OCC=CC[C@@H](C(=O)OC)NC(=O)[C@H](C(C)C)NC1=O. The summed E-state index contributed by atoms with van der Waals surface area (Å²) in [4.78, 5) is 42.3. The fraction of sp³-hybridized carbons (Fsp3) is 0.455. The highest BCUT2D eigenvalue weighted by Gasteiger charge is 2.30. The lowest BCUT2D eigenvalue weighted by atomic mass is 10.0. The van der Waals surface area contributed by atoms with Crippen molar-refractivity contribution in [2.75, 3.05) is 13.7 Å². The van der Waals surface area contributed by atoms with Crippen LogP contribution in [0.1, 0.15) is 25.8 Å². The molecular formula is C22H30BN3O6. The molecule has 1 aromatic rings. The Morgan fingerprint density at radius 1 is 1.19 bits per heavy atom. The van der Waals surface area contributed by atoms with Crippen molar-refractivity contribution in [3.8, 4) is 5.75 Å². The number of ether oxygens (including phenoxy) is 2. The van der Waals surface area contributed by atoms with Gasteiger partial charge in [0.05, 0.1) is 7.11 Å². The Labute approximate surface area is 189 Å². The number of amides is 2. The quantitative estimate of drug-likeness (QED) is 0.228. The summed E-state index contributed by atoms with van der Waals surface area (Å²) in [6, 6.07) is 4.80. The molecule has 0 saturated carbocycles. The zero-order valence-electron chi connectivity index (χ0n) is 18.9. The van der Waals surface area contributed by atoms with E-state index in [4.69, 9.17) is 14.1 Å². The largest absolute Gasteiger partial charge is 0.560 e.